The van der Waals surface area contributed by atoms with Crippen LogP contribution in [0.5, 0.6) is 0 Å². The molecule has 33 heavy (non-hydrogen) atoms. The Labute approximate surface area is 199 Å². The first-order valence-electron chi connectivity index (χ1n) is 11.4. The lowest BCUT2D eigenvalue weighted by Crippen LogP contribution is -2.58. The number of nitrogens with one attached hydrogen (secondary N) is 1. The van der Waals surface area contributed by atoms with E-state index in [1.54, 1.807) is 30.5 Å². The normalized spacial score (nSPS) is 30.5. The Morgan fingerprint density at radius 3 is 2.85 bits per heavy atom. The van der Waals surface area contributed by atoms with Crippen molar-refractivity contribution >= 4 is 28.9 Å². The van der Waals surface area contributed by atoms with Gasteiger partial charge in [0.25, 0.3) is 5.91 Å². The molecule has 4 atom stereocenters. The topological polar surface area (TPSA) is 71.7 Å². The first-order chi connectivity index (χ1) is 16.0. The molecule has 7 nitrogen and oxygen atoms in total. The zero-order chi connectivity index (χ0) is 23.2. The predicted molar refractivity (Wildman–Crippen MR) is 127 cm³/mol. The monoisotopic (exact) mass is 461 g/mol. The van der Waals surface area contributed by atoms with Crippen molar-refractivity contribution in [1.82, 2.24) is 20.2 Å². The van der Waals surface area contributed by atoms with Crippen molar-refractivity contribution in [2.24, 2.45) is 11.3 Å². The van der Waals surface area contributed by atoms with E-state index in [0.717, 1.165) is 43.2 Å². The molecular weight excluding hydrogens is 434 g/mol. The minimum atomic E-state index is -0.985. The van der Waals surface area contributed by atoms with Gasteiger partial charge in [0, 0.05) is 24.9 Å². The number of hydrogen-bond donors (Lipinski definition) is 1. The molecule has 2 fully saturated rings. The second kappa shape index (κ2) is 8.15. The summed E-state index contributed by atoms with van der Waals surface area (Å²) >= 11 is 5.73. The van der Waals surface area contributed by atoms with Crippen molar-refractivity contribution in [3.63, 3.8) is 0 Å². The lowest BCUT2D eigenvalue weighted by atomic mass is 9.58. The summed E-state index contributed by atoms with van der Waals surface area (Å²) in [4.78, 5) is 28.2. The molecule has 0 unspecified atom stereocenters. The molecule has 3 aliphatic rings. The number of hydrogen-bond acceptors (Lipinski definition) is 5. The summed E-state index contributed by atoms with van der Waals surface area (Å²) in [6, 6.07) is 7.50. The largest absolute Gasteiger partial charge is 0.381 e. The number of carbonyl (C=O) groups is 1. The van der Waals surface area contributed by atoms with Gasteiger partial charge in [-0.05, 0) is 61.0 Å². The molecule has 5 rings (SSSR count). The Morgan fingerprint density at radius 2 is 2.15 bits per heavy atom. The van der Waals surface area contributed by atoms with Crippen molar-refractivity contribution in [2.75, 3.05) is 7.11 Å². The van der Waals surface area contributed by atoms with E-state index in [4.69, 9.17) is 23.5 Å². The summed E-state index contributed by atoms with van der Waals surface area (Å²) in [5.41, 5.74) is 1.23. The minimum absolute atomic E-state index is 0.0634. The predicted octanol–water partition coefficient (Wildman–Crippen LogP) is 3.91. The molecule has 1 aliphatic heterocycles. The molecular formula is C25H27N5O2S. The van der Waals surface area contributed by atoms with Crippen molar-refractivity contribution < 1.29 is 9.53 Å². The molecule has 8 heteroatoms. The van der Waals surface area contributed by atoms with Crippen LogP contribution in [0.4, 0.5) is 5.69 Å². The summed E-state index contributed by atoms with van der Waals surface area (Å²) in [7, 11) is 1.78. The van der Waals surface area contributed by atoms with Crippen LogP contribution in [0.1, 0.15) is 49.6 Å². The van der Waals surface area contributed by atoms with Crippen LogP contribution in [0, 0.1) is 17.9 Å². The van der Waals surface area contributed by atoms with Gasteiger partial charge in [-0.2, -0.15) is 0 Å². The molecule has 2 heterocycles. The van der Waals surface area contributed by atoms with E-state index in [1.807, 2.05) is 18.2 Å². The maximum atomic E-state index is 14.3. The third-order valence-corrected chi connectivity index (χ3v) is 8.21. The van der Waals surface area contributed by atoms with E-state index < -0.39 is 5.54 Å². The van der Waals surface area contributed by atoms with Crippen molar-refractivity contribution in [3.05, 3.63) is 65.0 Å². The molecule has 2 aromatic rings. The van der Waals surface area contributed by atoms with Crippen molar-refractivity contribution in [2.45, 2.75) is 57.2 Å². The standard InChI is InChI=1S/C25H27N5O2S/c1-4-16-13-24(9-8-20(16)32-3)14-17-6-7-18(26-2)12-19(17)25(24)22(31)30(23(33)29-25)15-21-27-10-5-11-28-21/h5-7,10-12,16,20H,4,8-9,13-15H2,1,3H3,(H,29,33)/t16-,20-,24-,25-/m1/s1. The molecule has 1 saturated heterocycles. The third kappa shape index (κ3) is 3.17. The van der Waals surface area contributed by atoms with Gasteiger partial charge in [-0.25, -0.2) is 14.8 Å². The van der Waals surface area contributed by atoms with Crippen LogP contribution in [-0.4, -0.2) is 39.1 Å². The Kier molecular flexibility index (Phi) is 5.42. The molecule has 2 aliphatic carbocycles. The highest BCUT2D eigenvalue weighted by Crippen LogP contribution is 2.61. The number of aromatic nitrogens is 2. The molecule has 1 amide bonds. The van der Waals surface area contributed by atoms with Gasteiger partial charge in [0.15, 0.2) is 10.8 Å². The van der Waals surface area contributed by atoms with Gasteiger partial charge in [-0.3, -0.25) is 9.69 Å². The van der Waals surface area contributed by atoms with E-state index in [-0.39, 0.29) is 24.0 Å². The van der Waals surface area contributed by atoms with E-state index in [1.165, 1.54) is 0 Å². The molecule has 1 aromatic heterocycles. The quantitative estimate of drug-likeness (QED) is 0.550. The van der Waals surface area contributed by atoms with Crippen LogP contribution in [0.2, 0.25) is 0 Å². The van der Waals surface area contributed by atoms with Crippen LogP contribution < -0.4 is 5.32 Å². The zero-order valence-electron chi connectivity index (χ0n) is 18.9. The van der Waals surface area contributed by atoms with Gasteiger partial charge >= 0.3 is 0 Å². The Bertz CT molecular complexity index is 1150. The maximum Gasteiger partial charge on any atom is 0.260 e. The van der Waals surface area contributed by atoms with Gasteiger partial charge in [0.05, 0.1) is 19.2 Å². The Hall–Kier alpha value is -2.89. The average Bonchev–Trinajstić information content (AvgIpc) is 3.25. The number of methoxy groups -OCH3 is 1. The lowest BCUT2D eigenvalue weighted by Gasteiger charge is -2.49. The summed E-state index contributed by atoms with van der Waals surface area (Å²) in [5.74, 6) is 0.834. The van der Waals surface area contributed by atoms with E-state index in [0.29, 0.717) is 22.5 Å². The molecule has 0 bridgehead atoms. The molecule has 170 valence electrons. The van der Waals surface area contributed by atoms with Crippen LogP contribution >= 0.6 is 12.2 Å². The first kappa shape index (κ1) is 21.9. The number of nitrogens with zero attached hydrogens (tertiary/aromatic N) is 4. The highest BCUT2D eigenvalue weighted by Gasteiger charge is 2.68. The van der Waals surface area contributed by atoms with Gasteiger partial charge in [-0.15, -0.1) is 0 Å². The van der Waals surface area contributed by atoms with Gasteiger partial charge < -0.3 is 10.1 Å². The SMILES string of the molecule is [C-]#[N+]c1ccc2c(c1)[C@]1(NC(=S)N(Cc3ncccn3)C1=O)[C@@]1(CC[C@@H](OC)[C@H](CC)C1)C2. The van der Waals surface area contributed by atoms with E-state index >= 15 is 0 Å². The van der Waals surface area contributed by atoms with Gasteiger partial charge in [-0.1, -0.05) is 31.5 Å². The summed E-state index contributed by atoms with van der Waals surface area (Å²) in [6.07, 6.45) is 7.90. The Morgan fingerprint density at radius 1 is 1.36 bits per heavy atom. The third-order valence-electron chi connectivity index (χ3n) is 7.89. The van der Waals surface area contributed by atoms with Crippen molar-refractivity contribution in [1.29, 1.82) is 0 Å². The molecule has 1 aromatic carbocycles. The number of amides is 1. The minimum Gasteiger partial charge on any atom is -0.381 e. The fourth-order valence-electron chi connectivity index (χ4n) is 6.34. The zero-order valence-corrected chi connectivity index (χ0v) is 19.7. The molecule has 2 spiro atoms. The highest BCUT2D eigenvalue weighted by atomic mass is 32.1. The van der Waals surface area contributed by atoms with Crippen LogP contribution in [0.25, 0.3) is 4.85 Å². The van der Waals surface area contributed by atoms with Gasteiger partial charge in [0.2, 0.25) is 0 Å². The van der Waals surface area contributed by atoms with E-state index in [9.17, 15) is 4.79 Å². The molecule has 1 N–H and O–H groups in total. The van der Waals surface area contributed by atoms with Gasteiger partial charge in [0.1, 0.15) is 11.4 Å². The second-order valence-corrected chi connectivity index (χ2v) is 9.72. The fourth-order valence-corrected chi connectivity index (χ4v) is 6.64. The number of fused-ring (bicyclic) bond motifs is 3. The molecule has 1 saturated carbocycles. The van der Waals surface area contributed by atoms with E-state index in [2.05, 4.69) is 27.1 Å². The van der Waals surface area contributed by atoms with Crippen LogP contribution in [-0.2, 0) is 28.0 Å². The number of ether oxygens (including phenoxy) is 1. The number of rotatable bonds is 4. The van der Waals surface area contributed by atoms with Crippen LogP contribution in [0.3, 0.4) is 0 Å². The van der Waals surface area contributed by atoms with Crippen molar-refractivity contribution in [3.8, 4) is 0 Å². The maximum absolute atomic E-state index is 14.3. The molecule has 0 radical (unpaired) electrons. The highest BCUT2D eigenvalue weighted by molar-refractivity contribution is 7.80. The summed E-state index contributed by atoms with van der Waals surface area (Å²) in [5, 5.41) is 3.90. The smallest absolute Gasteiger partial charge is 0.260 e. The number of carbonyl (C=O) groups excluding carboxylic acids is 1. The number of thiocarbonyl (C=S) groups is 1. The summed E-state index contributed by atoms with van der Waals surface area (Å²) < 4.78 is 5.81. The first-order valence-corrected chi connectivity index (χ1v) is 11.8. The average molecular weight is 462 g/mol. The summed E-state index contributed by atoms with van der Waals surface area (Å²) in [6.45, 7) is 9.95. The van der Waals surface area contributed by atoms with Crippen LogP contribution in [0.15, 0.2) is 36.7 Å². The lowest BCUT2D eigenvalue weighted by molar-refractivity contribution is -0.140. The fraction of sp³-hybridized carbons (Fsp3) is 0.480. The Balaban J connectivity index is 1.63. The second-order valence-electron chi connectivity index (χ2n) is 9.33. The number of benzene rings is 1.